The Hall–Kier alpha value is -3.57. The average molecular weight is 570 g/mol. The summed E-state index contributed by atoms with van der Waals surface area (Å²) in [5.41, 5.74) is 7.80. The highest BCUT2D eigenvalue weighted by Crippen LogP contribution is 2.45. The van der Waals surface area contributed by atoms with E-state index in [2.05, 4.69) is 28.6 Å². The molecule has 41 heavy (non-hydrogen) atoms. The zero-order chi connectivity index (χ0) is 29.6. The molecule has 11 heteroatoms. The highest BCUT2D eigenvalue weighted by Gasteiger charge is 2.45. The molecule has 1 aliphatic carbocycles. The molecule has 1 saturated carbocycles. The van der Waals surface area contributed by atoms with Crippen LogP contribution in [0.25, 0.3) is 0 Å². The predicted octanol–water partition coefficient (Wildman–Crippen LogP) is 1.72. The summed E-state index contributed by atoms with van der Waals surface area (Å²) >= 11 is 0. The Bertz CT molecular complexity index is 1250. The van der Waals surface area contributed by atoms with Gasteiger partial charge in [0, 0.05) is 44.0 Å². The first-order chi connectivity index (χ1) is 19.6. The molecule has 1 aromatic heterocycles. The van der Waals surface area contributed by atoms with Crippen molar-refractivity contribution < 1.29 is 28.6 Å². The van der Waals surface area contributed by atoms with E-state index < -0.39 is 35.8 Å². The molecule has 222 valence electrons. The van der Waals surface area contributed by atoms with Crippen LogP contribution in [0.5, 0.6) is 5.75 Å². The van der Waals surface area contributed by atoms with Crippen molar-refractivity contribution in [2.75, 3.05) is 20.2 Å². The summed E-state index contributed by atoms with van der Waals surface area (Å²) in [7, 11) is 1.46. The molecule has 3 amide bonds. The first-order valence-electron chi connectivity index (χ1n) is 14.2. The predicted molar refractivity (Wildman–Crippen MR) is 150 cm³/mol. The van der Waals surface area contributed by atoms with Gasteiger partial charge >= 0.3 is 0 Å². The number of aliphatic hydroxyl groups excluding tert-OH is 1. The van der Waals surface area contributed by atoms with Crippen LogP contribution in [-0.4, -0.2) is 71.1 Å². The van der Waals surface area contributed by atoms with Gasteiger partial charge in [0.1, 0.15) is 17.6 Å². The molecule has 2 bridgehead atoms. The number of halogens is 1. The van der Waals surface area contributed by atoms with Crippen LogP contribution in [0.1, 0.15) is 62.1 Å². The number of pyridine rings is 1. The van der Waals surface area contributed by atoms with Gasteiger partial charge in [0.05, 0.1) is 25.2 Å². The molecule has 0 radical (unpaired) electrons. The summed E-state index contributed by atoms with van der Waals surface area (Å²) in [6, 6.07) is 4.40. The van der Waals surface area contributed by atoms with E-state index in [4.69, 9.17) is 10.5 Å². The zero-order valence-corrected chi connectivity index (χ0v) is 23.7. The molecule has 0 spiro atoms. The quantitative estimate of drug-likeness (QED) is 0.379. The first kappa shape index (κ1) is 30.4. The second-order valence-corrected chi connectivity index (χ2v) is 11.1. The zero-order valence-electron chi connectivity index (χ0n) is 23.7. The van der Waals surface area contributed by atoms with Gasteiger partial charge in [-0.15, -0.1) is 0 Å². The fraction of sp³-hybridized carbons (Fsp3) is 0.533. The smallest absolute Gasteiger partial charge is 0.243 e. The van der Waals surface area contributed by atoms with E-state index >= 15 is 0 Å². The number of primary amides is 1. The number of nitrogens with one attached hydrogen (secondary N) is 2. The summed E-state index contributed by atoms with van der Waals surface area (Å²) in [6.45, 7) is 2.48. The van der Waals surface area contributed by atoms with Crippen molar-refractivity contribution in [1.29, 1.82) is 0 Å². The number of ether oxygens (including phenoxy) is 1. The lowest BCUT2D eigenvalue weighted by atomic mass is 9.98. The van der Waals surface area contributed by atoms with Crippen LogP contribution in [0.3, 0.4) is 0 Å². The maximum Gasteiger partial charge on any atom is 0.243 e. The topological polar surface area (TPSA) is 147 Å². The third-order valence-electron chi connectivity index (χ3n) is 7.95. The van der Waals surface area contributed by atoms with Crippen LogP contribution >= 0.6 is 0 Å². The van der Waals surface area contributed by atoms with Crippen LogP contribution in [0.2, 0.25) is 0 Å². The van der Waals surface area contributed by atoms with Gasteiger partial charge in [-0.05, 0) is 67.3 Å². The van der Waals surface area contributed by atoms with Gasteiger partial charge in [0.15, 0.2) is 0 Å². The van der Waals surface area contributed by atoms with Gasteiger partial charge in [0.25, 0.3) is 0 Å². The molecule has 2 heterocycles. The number of amides is 3. The van der Waals surface area contributed by atoms with Crippen molar-refractivity contribution in [2.45, 2.75) is 82.0 Å². The number of aromatic nitrogens is 1. The number of carbonyl (C=O) groups is 3. The van der Waals surface area contributed by atoms with Gasteiger partial charge < -0.3 is 31.1 Å². The van der Waals surface area contributed by atoms with E-state index in [9.17, 15) is 23.9 Å². The Labute approximate surface area is 239 Å². The number of carbonyl (C=O) groups excluding carboxylic acids is 3. The number of hydrogen-bond donors (Lipinski definition) is 4. The third-order valence-corrected chi connectivity index (χ3v) is 7.95. The number of likely N-dealkylation sites (N-methyl/N-ethyl adjacent to an activating group) is 1. The Morgan fingerprint density at radius 3 is 2.76 bits per heavy atom. The third kappa shape index (κ3) is 8.01. The maximum atomic E-state index is 14.5. The number of benzene rings is 1. The van der Waals surface area contributed by atoms with Crippen LogP contribution in [-0.2, 0) is 32.8 Å². The Kier molecular flexibility index (Phi) is 9.93. The van der Waals surface area contributed by atoms with E-state index in [1.807, 2.05) is 12.4 Å². The molecule has 0 unspecified atom stereocenters. The highest BCUT2D eigenvalue weighted by molar-refractivity contribution is 5.91. The second kappa shape index (κ2) is 13.4. The van der Waals surface area contributed by atoms with E-state index in [1.165, 1.54) is 24.1 Å². The molecular formula is C30H40FN5O5. The minimum Gasteiger partial charge on any atom is -0.493 e. The van der Waals surface area contributed by atoms with Crippen molar-refractivity contribution in [2.24, 2.45) is 5.73 Å². The number of nitrogens with two attached hydrogens (primary N) is 1. The van der Waals surface area contributed by atoms with Crippen LogP contribution in [0.15, 0.2) is 36.7 Å². The average Bonchev–Trinajstić information content (AvgIpc) is 3.74. The minimum atomic E-state index is -1.15. The normalized spacial score (nSPS) is 22.1. The summed E-state index contributed by atoms with van der Waals surface area (Å²) < 4.78 is 20.2. The molecule has 1 fully saturated rings. The van der Waals surface area contributed by atoms with Gasteiger partial charge in [0.2, 0.25) is 17.7 Å². The lowest BCUT2D eigenvalue weighted by molar-refractivity contribution is -0.141. The largest absolute Gasteiger partial charge is 0.493 e. The lowest BCUT2D eigenvalue weighted by Gasteiger charge is -2.31. The van der Waals surface area contributed by atoms with Crippen molar-refractivity contribution in [1.82, 2.24) is 20.5 Å². The molecule has 10 nitrogen and oxygen atoms in total. The molecule has 2 aliphatic rings. The number of aryl methyl sites for hydroxylation is 1. The number of aliphatic hydroxyl groups is 1. The minimum absolute atomic E-state index is 0.0868. The SMILES string of the molecule is CCc1cncc(C2(NC[C@@H](O)[C@@H]3Cc4cc(F)cc(c4)OCCCCC(=O)N(C)[C@@H](CC(N)=O)C(=O)N3)CC2)c1. The van der Waals surface area contributed by atoms with Crippen molar-refractivity contribution in [3.05, 3.63) is 59.2 Å². The lowest BCUT2D eigenvalue weighted by Crippen LogP contribution is -2.56. The van der Waals surface area contributed by atoms with E-state index in [0.29, 0.717) is 24.2 Å². The monoisotopic (exact) mass is 569 g/mol. The fourth-order valence-corrected chi connectivity index (χ4v) is 5.23. The number of nitrogens with zero attached hydrogens (tertiary/aromatic N) is 2. The Morgan fingerprint density at radius 2 is 2.05 bits per heavy atom. The van der Waals surface area contributed by atoms with E-state index in [-0.39, 0.29) is 43.9 Å². The maximum absolute atomic E-state index is 14.5. The van der Waals surface area contributed by atoms with Gasteiger partial charge in [-0.1, -0.05) is 13.0 Å². The number of rotatable bonds is 8. The molecule has 0 saturated heterocycles. The number of fused-ring (bicyclic) bond motifs is 2. The second-order valence-electron chi connectivity index (χ2n) is 11.1. The fourth-order valence-electron chi connectivity index (χ4n) is 5.23. The molecule has 4 rings (SSSR count). The van der Waals surface area contributed by atoms with Crippen LogP contribution < -0.4 is 21.1 Å². The molecule has 1 aliphatic heterocycles. The van der Waals surface area contributed by atoms with Crippen LogP contribution in [0.4, 0.5) is 4.39 Å². The van der Waals surface area contributed by atoms with Crippen molar-refractivity contribution >= 4 is 17.7 Å². The molecule has 2 aromatic rings. The molecule has 3 atom stereocenters. The summed E-state index contributed by atoms with van der Waals surface area (Å²) in [4.78, 5) is 43.8. The van der Waals surface area contributed by atoms with Gasteiger partial charge in [-0.3, -0.25) is 19.4 Å². The Balaban J connectivity index is 1.59. The molecule has 1 aromatic carbocycles. The summed E-state index contributed by atoms with van der Waals surface area (Å²) in [6.07, 6.45) is 6.08. The van der Waals surface area contributed by atoms with Gasteiger partial charge in [-0.2, -0.15) is 0 Å². The first-order valence-corrected chi connectivity index (χ1v) is 14.2. The summed E-state index contributed by atoms with van der Waals surface area (Å²) in [5, 5.41) is 17.7. The van der Waals surface area contributed by atoms with Crippen LogP contribution in [0, 0.1) is 5.82 Å². The van der Waals surface area contributed by atoms with Gasteiger partial charge in [-0.25, -0.2) is 4.39 Å². The number of hydrogen-bond acceptors (Lipinski definition) is 7. The standard InChI is InChI=1S/C30H40FN5O5/c1-3-19-10-21(17-33-16-19)30(7-8-30)34-18-26(37)24-13-20-11-22(31)14-23(12-20)41-9-5-4-6-28(39)36(2)25(15-27(32)38)29(40)35-24/h10-12,14,16-17,24-26,34,37H,3-9,13,15,18H2,1-2H3,(H2,32,38)(H,35,40)/t24-,25-,26+/m0/s1. The Morgan fingerprint density at radius 1 is 1.27 bits per heavy atom. The molecule has 5 N–H and O–H groups in total. The highest BCUT2D eigenvalue weighted by atomic mass is 19.1. The van der Waals surface area contributed by atoms with E-state index in [0.717, 1.165) is 30.4 Å². The summed E-state index contributed by atoms with van der Waals surface area (Å²) in [5.74, 6) is -1.83. The van der Waals surface area contributed by atoms with E-state index in [1.54, 1.807) is 6.07 Å². The van der Waals surface area contributed by atoms with Crippen molar-refractivity contribution in [3.63, 3.8) is 0 Å². The van der Waals surface area contributed by atoms with Crippen molar-refractivity contribution in [3.8, 4) is 5.75 Å². The molecular weight excluding hydrogens is 529 g/mol.